The first-order valence-electron chi connectivity index (χ1n) is 12.0. The van der Waals surface area contributed by atoms with Crippen LogP contribution in [-0.2, 0) is 29.1 Å². The lowest BCUT2D eigenvalue weighted by Crippen LogP contribution is -2.43. The molecule has 34 heavy (non-hydrogen) atoms. The first-order chi connectivity index (χ1) is 16.7. The molecule has 7 nitrogen and oxygen atoms in total. The number of hydrogen-bond acceptors (Lipinski definition) is 4. The highest BCUT2D eigenvalue weighted by molar-refractivity contribution is 5.93. The first kappa shape index (κ1) is 22.3. The van der Waals surface area contributed by atoms with Crippen LogP contribution in [0.3, 0.4) is 0 Å². The topological polar surface area (TPSA) is 76.5 Å². The average molecular weight is 459 g/mol. The van der Waals surface area contributed by atoms with Gasteiger partial charge in [-0.1, -0.05) is 60.7 Å². The van der Waals surface area contributed by atoms with Crippen molar-refractivity contribution >= 4 is 11.8 Å². The van der Waals surface area contributed by atoms with Gasteiger partial charge in [0.2, 0.25) is 5.91 Å². The van der Waals surface area contributed by atoms with Crippen molar-refractivity contribution in [1.29, 1.82) is 0 Å². The fraction of sp³-hybridized carbons (Fsp3) is 0.370. The Morgan fingerprint density at radius 3 is 2.44 bits per heavy atom. The number of imidazole rings is 1. The summed E-state index contributed by atoms with van der Waals surface area (Å²) in [5, 5.41) is 3.06. The predicted octanol–water partition coefficient (Wildman–Crippen LogP) is 3.37. The fourth-order valence-corrected chi connectivity index (χ4v) is 4.79. The molecule has 3 heterocycles. The molecule has 5 rings (SSSR count). The summed E-state index contributed by atoms with van der Waals surface area (Å²) in [6.07, 6.45) is 3.87. The van der Waals surface area contributed by atoms with Crippen LogP contribution in [0.15, 0.2) is 67.0 Å². The number of carbonyl (C=O) groups excluding carboxylic acids is 2. The second-order valence-corrected chi connectivity index (χ2v) is 9.00. The Labute approximate surface area is 199 Å². The average Bonchev–Trinajstić information content (AvgIpc) is 3.33. The van der Waals surface area contributed by atoms with Gasteiger partial charge in [-0.15, -0.1) is 0 Å². The summed E-state index contributed by atoms with van der Waals surface area (Å²) in [4.78, 5) is 32.0. The van der Waals surface area contributed by atoms with Gasteiger partial charge >= 0.3 is 0 Å². The van der Waals surface area contributed by atoms with Crippen LogP contribution in [0.5, 0.6) is 0 Å². The maximum atomic E-state index is 13.2. The van der Waals surface area contributed by atoms with E-state index in [1.54, 1.807) is 6.33 Å². The van der Waals surface area contributed by atoms with Crippen molar-refractivity contribution in [1.82, 2.24) is 19.8 Å². The number of ether oxygens (including phenoxy) is 1. The van der Waals surface area contributed by atoms with Crippen molar-refractivity contribution in [2.45, 2.75) is 38.5 Å². The van der Waals surface area contributed by atoms with E-state index in [1.165, 1.54) is 5.56 Å². The second-order valence-electron chi connectivity index (χ2n) is 9.00. The van der Waals surface area contributed by atoms with Crippen molar-refractivity contribution in [2.24, 2.45) is 5.92 Å². The number of carbonyl (C=O) groups is 2. The highest BCUT2D eigenvalue weighted by Gasteiger charge is 2.32. The number of nitrogens with one attached hydrogen (secondary N) is 1. The van der Waals surface area contributed by atoms with E-state index in [0.717, 1.165) is 17.7 Å². The molecule has 3 aromatic rings. The van der Waals surface area contributed by atoms with E-state index in [2.05, 4.69) is 34.6 Å². The van der Waals surface area contributed by atoms with Crippen molar-refractivity contribution < 1.29 is 14.3 Å². The lowest BCUT2D eigenvalue weighted by Gasteiger charge is -2.31. The summed E-state index contributed by atoms with van der Waals surface area (Å²) < 4.78 is 8.09. The molecule has 7 heteroatoms. The number of benzene rings is 2. The Hall–Kier alpha value is -3.45. The summed E-state index contributed by atoms with van der Waals surface area (Å²) in [6, 6.07) is 20.3. The van der Waals surface area contributed by atoms with E-state index >= 15 is 0 Å². The van der Waals surface area contributed by atoms with Gasteiger partial charge in [0.25, 0.3) is 5.91 Å². The van der Waals surface area contributed by atoms with Crippen molar-refractivity contribution in [3.63, 3.8) is 0 Å². The maximum Gasteiger partial charge on any atom is 0.274 e. The summed E-state index contributed by atoms with van der Waals surface area (Å²) >= 11 is 0. The Balaban J connectivity index is 1.12. The van der Waals surface area contributed by atoms with Gasteiger partial charge in [0.1, 0.15) is 6.10 Å². The molecule has 0 unspecified atom stereocenters. The zero-order valence-corrected chi connectivity index (χ0v) is 19.2. The number of piperidine rings is 1. The quantitative estimate of drug-likeness (QED) is 0.615. The van der Waals surface area contributed by atoms with Crippen molar-refractivity contribution in [2.75, 3.05) is 19.6 Å². The largest absolute Gasteiger partial charge is 0.365 e. The lowest BCUT2D eigenvalue weighted by atomic mass is 9.95. The number of hydrogen-bond donors (Lipinski definition) is 1. The summed E-state index contributed by atoms with van der Waals surface area (Å²) in [6.45, 7) is 2.77. The monoisotopic (exact) mass is 458 g/mol. The highest BCUT2D eigenvalue weighted by Crippen LogP contribution is 2.28. The molecular weight excluding hydrogens is 428 g/mol. The summed E-state index contributed by atoms with van der Waals surface area (Å²) in [7, 11) is 0. The molecule has 1 N–H and O–H groups in total. The van der Waals surface area contributed by atoms with Crippen LogP contribution in [0.25, 0.3) is 0 Å². The van der Waals surface area contributed by atoms with Gasteiger partial charge in [0.05, 0.1) is 25.2 Å². The van der Waals surface area contributed by atoms with Crippen LogP contribution in [0.4, 0.5) is 0 Å². The summed E-state index contributed by atoms with van der Waals surface area (Å²) in [5.74, 6) is -0.0353. The van der Waals surface area contributed by atoms with Crippen LogP contribution in [0, 0.1) is 5.92 Å². The van der Waals surface area contributed by atoms with Crippen molar-refractivity contribution in [3.8, 4) is 0 Å². The molecule has 0 spiro atoms. The summed E-state index contributed by atoms with van der Waals surface area (Å²) in [5.41, 5.74) is 3.64. The van der Waals surface area contributed by atoms with Gasteiger partial charge in [-0.25, -0.2) is 4.98 Å². The number of amides is 2. The Bertz CT molecular complexity index is 1120. The van der Waals surface area contributed by atoms with Gasteiger partial charge in [-0.05, 0) is 30.4 Å². The first-order valence-corrected chi connectivity index (χ1v) is 12.0. The van der Waals surface area contributed by atoms with Crippen molar-refractivity contribution in [3.05, 3.63) is 89.5 Å². The minimum absolute atomic E-state index is 0.0398. The molecule has 2 aliphatic heterocycles. The Morgan fingerprint density at radius 1 is 1.00 bits per heavy atom. The van der Waals surface area contributed by atoms with Crippen LogP contribution >= 0.6 is 0 Å². The lowest BCUT2D eigenvalue weighted by molar-refractivity contribution is -0.126. The predicted molar refractivity (Wildman–Crippen MR) is 128 cm³/mol. The Kier molecular flexibility index (Phi) is 6.72. The third-order valence-electron chi connectivity index (χ3n) is 6.81. The standard InChI is InChI=1S/C27H30N4O3/c32-26(28-14-11-20-7-3-1-4-8-20)22-12-15-30(16-13-22)27(33)25-23-18-34-24(17-31(23)19-29-25)21-9-5-2-6-10-21/h1-10,19,22,24H,11-18H2,(H,28,32)/t24-/m1/s1. The van der Waals surface area contributed by atoms with E-state index in [4.69, 9.17) is 4.74 Å². The van der Waals surface area contributed by atoms with Crippen LogP contribution < -0.4 is 5.32 Å². The van der Waals surface area contributed by atoms with E-state index in [1.807, 2.05) is 45.9 Å². The van der Waals surface area contributed by atoms with E-state index in [9.17, 15) is 9.59 Å². The number of fused-ring (bicyclic) bond motifs is 1. The minimum Gasteiger partial charge on any atom is -0.365 e. The minimum atomic E-state index is -0.0709. The maximum absolute atomic E-state index is 13.2. The zero-order valence-electron chi connectivity index (χ0n) is 19.2. The molecule has 0 aliphatic carbocycles. The molecule has 1 aromatic heterocycles. The number of likely N-dealkylation sites (tertiary alicyclic amines) is 1. The molecule has 1 atom stereocenters. The number of rotatable bonds is 6. The molecule has 0 bridgehead atoms. The van der Waals surface area contributed by atoms with Gasteiger partial charge in [0, 0.05) is 25.6 Å². The Morgan fingerprint density at radius 2 is 1.71 bits per heavy atom. The van der Waals surface area contributed by atoms with E-state index in [0.29, 0.717) is 51.3 Å². The highest BCUT2D eigenvalue weighted by atomic mass is 16.5. The SMILES string of the molecule is O=C(NCCc1ccccc1)C1CCN(C(=O)c2ncn3c2CO[C@@H](c2ccccc2)C3)CC1. The normalized spacial score (nSPS) is 18.4. The number of nitrogens with zero attached hydrogens (tertiary/aromatic N) is 3. The van der Waals surface area contributed by atoms with Gasteiger partial charge in [-0.2, -0.15) is 0 Å². The number of aromatic nitrogens is 2. The van der Waals surface area contributed by atoms with Gasteiger partial charge in [0.15, 0.2) is 5.69 Å². The van der Waals surface area contributed by atoms with Crippen LogP contribution in [-0.4, -0.2) is 45.9 Å². The molecular formula is C27H30N4O3. The molecule has 176 valence electrons. The molecule has 2 amide bonds. The van der Waals surface area contributed by atoms with Gasteiger partial charge in [-0.3, -0.25) is 9.59 Å². The molecule has 2 aliphatic rings. The third-order valence-corrected chi connectivity index (χ3v) is 6.81. The van der Waals surface area contributed by atoms with Crippen LogP contribution in [0.1, 0.15) is 46.3 Å². The molecule has 1 fully saturated rings. The molecule has 0 saturated carbocycles. The molecule has 0 radical (unpaired) electrons. The molecule has 2 aromatic carbocycles. The molecule has 1 saturated heterocycles. The third kappa shape index (κ3) is 4.89. The van der Waals surface area contributed by atoms with E-state index < -0.39 is 0 Å². The smallest absolute Gasteiger partial charge is 0.274 e. The fourth-order valence-electron chi connectivity index (χ4n) is 4.79. The van der Waals surface area contributed by atoms with Crippen LogP contribution in [0.2, 0.25) is 0 Å². The second kappa shape index (κ2) is 10.2. The van der Waals surface area contributed by atoms with Gasteiger partial charge < -0.3 is 19.5 Å². The zero-order chi connectivity index (χ0) is 23.3. The van der Waals surface area contributed by atoms with E-state index in [-0.39, 0.29) is 23.8 Å².